The lowest BCUT2D eigenvalue weighted by atomic mass is 10.1. The summed E-state index contributed by atoms with van der Waals surface area (Å²) < 4.78 is 5.68. The lowest BCUT2D eigenvalue weighted by Crippen LogP contribution is -2.04. The molecule has 1 N–H and O–H groups in total. The molecule has 1 aromatic heterocycles. The molecule has 20 heavy (non-hydrogen) atoms. The molecule has 1 aliphatic rings. The smallest absolute Gasteiger partial charge is 0.341 e. The highest BCUT2D eigenvalue weighted by atomic mass is 16.5. The SMILES string of the molecule is Cc1ccnc(Oc2ccc3c(c2)CCC3)c1C(=O)O. The first-order chi connectivity index (χ1) is 9.65. The number of pyridine rings is 1. The van der Waals surface area contributed by atoms with Crippen LogP contribution in [0.4, 0.5) is 0 Å². The summed E-state index contributed by atoms with van der Waals surface area (Å²) in [7, 11) is 0. The second-order valence-electron chi connectivity index (χ2n) is 5.00. The fourth-order valence-electron chi connectivity index (χ4n) is 2.59. The first-order valence-corrected chi connectivity index (χ1v) is 6.63. The average molecular weight is 269 g/mol. The third-order valence-corrected chi connectivity index (χ3v) is 3.62. The quantitative estimate of drug-likeness (QED) is 0.928. The number of aromatic carboxylic acids is 1. The molecule has 0 fully saturated rings. The van der Waals surface area contributed by atoms with Crippen LogP contribution in [0.3, 0.4) is 0 Å². The van der Waals surface area contributed by atoms with E-state index in [1.165, 1.54) is 17.5 Å². The van der Waals surface area contributed by atoms with Gasteiger partial charge in [0.1, 0.15) is 11.3 Å². The summed E-state index contributed by atoms with van der Waals surface area (Å²) in [6.07, 6.45) is 4.89. The molecule has 102 valence electrons. The number of aromatic nitrogens is 1. The molecule has 0 aliphatic heterocycles. The third-order valence-electron chi connectivity index (χ3n) is 3.62. The highest BCUT2D eigenvalue weighted by molar-refractivity contribution is 5.91. The number of fused-ring (bicyclic) bond motifs is 1. The first kappa shape index (κ1) is 12.7. The van der Waals surface area contributed by atoms with Crippen LogP contribution in [0.2, 0.25) is 0 Å². The van der Waals surface area contributed by atoms with Crippen molar-refractivity contribution in [1.29, 1.82) is 0 Å². The minimum Gasteiger partial charge on any atom is -0.477 e. The number of hydrogen-bond acceptors (Lipinski definition) is 3. The number of rotatable bonds is 3. The van der Waals surface area contributed by atoms with Gasteiger partial charge in [0.15, 0.2) is 0 Å². The Kier molecular flexibility index (Phi) is 3.14. The van der Waals surface area contributed by atoms with Gasteiger partial charge in [-0.15, -0.1) is 0 Å². The van der Waals surface area contributed by atoms with Gasteiger partial charge in [-0.25, -0.2) is 9.78 Å². The summed E-state index contributed by atoms with van der Waals surface area (Å²) in [5.41, 5.74) is 3.40. The van der Waals surface area contributed by atoms with E-state index in [0.29, 0.717) is 11.3 Å². The third kappa shape index (κ3) is 2.25. The second kappa shape index (κ2) is 4.96. The minimum atomic E-state index is -1.02. The van der Waals surface area contributed by atoms with Gasteiger partial charge in [0.05, 0.1) is 0 Å². The molecule has 3 rings (SSSR count). The van der Waals surface area contributed by atoms with Crippen LogP contribution in [0.1, 0.15) is 33.5 Å². The molecule has 4 heteroatoms. The van der Waals surface area contributed by atoms with Crippen molar-refractivity contribution in [2.75, 3.05) is 0 Å². The van der Waals surface area contributed by atoms with Crippen molar-refractivity contribution < 1.29 is 14.6 Å². The van der Waals surface area contributed by atoms with Crippen molar-refractivity contribution in [3.63, 3.8) is 0 Å². The maximum atomic E-state index is 11.3. The predicted octanol–water partition coefficient (Wildman–Crippen LogP) is 3.37. The van der Waals surface area contributed by atoms with Gasteiger partial charge in [0.2, 0.25) is 5.88 Å². The average Bonchev–Trinajstić information content (AvgIpc) is 2.85. The maximum absolute atomic E-state index is 11.3. The number of hydrogen-bond donors (Lipinski definition) is 1. The number of carboxylic acid groups (broad SMARTS) is 1. The summed E-state index contributed by atoms with van der Waals surface area (Å²) in [6, 6.07) is 7.57. The highest BCUT2D eigenvalue weighted by Crippen LogP contribution is 2.30. The van der Waals surface area contributed by atoms with Gasteiger partial charge in [-0.3, -0.25) is 0 Å². The van der Waals surface area contributed by atoms with E-state index in [-0.39, 0.29) is 11.4 Å². The molecule has 0 unspecified atom stereocenters. The van der Waals surface area contributed by atoms with Gasteiger partial charge in [-0.2, -0.15) is 0 Å². The van der Waals surface area contributed by atoms with E-state index >= 15 is 0 Å². The van der Waals surface area contributed by atoms with Crippen LogP contribution in [0.5, 0.6) is 11.6 Å². The molecule has 0 saturated heterocycles. The van der Waals surface area contributed by atoms with Gasteiger partial charge in [-0.05, 0) is 61.1 Å². The lowest BCUT2D eigenvalue weighted by Gasteiger charge is -2.10. The number of carbonyl (C=O) groups is 1. The summed E-state index contributed by atoms with van der Waals surface area (Å²) in [5.74, 6) is -0.228. The molecule has 2 aromatic rings. The van der Waals surface area contributed by atoms with Crippen molar-refractivity contribution in [3.05, 3.63) is 52.7 Å². The van der Waals surface area contributed by atoms with E-state index in [2.05, 4.69) is 4.98 Å². The molecular weight excluding hydrogens is 254 g/mol. The van der Waals surface area contributed by atoms with Crippen LogP contribution in [-0.4, -0.2) is 16.1 Å². The fraction of sp³-hybridized carbons (Fsp3) is 0.250. The topological polar surface area (TPSA) is 59.4 Å². The second-order valence-corrected chi connectivity index (χ2v) is 5.00. The molecule has 1 aliphatic carbocycles. The predicted molar refractivity (Wildman–Crippen MR) is 74.5 cm³/mol. The van der Waals surface area contributed by atoms with E-state index in [4.69, 9.17) is 4.74 Å². The minimum absolute atomic E-state index is 0.119. The molecule has 0 amide bonds. The summed E-state index contributed by atoms with van der Waals surface area (Å²) in [5, 5.41) is 9.26. The molecule has 4 nitrogen and oxygen atoms in total. The molecule has 0 spiro atoms. The molecule has 1 aromatic carbocycles. The van der Waals surface area contributed by atoms with E-state index in [1.807, 2.05) is 18.2 Å². The van der Waals surface area contributed by atoms with Crippen LogP contribution < -0.4 is 4.74 Å². The van der Waals surface area contributed by atoms with Crippen LogP contribution in [0.15, 0.2) is 30.5 Å². The zero-order valence-corrected chi connectivity index (χ0v) is 11.2. The summed E-state index contributed by atoms with van der Waals surface area (Å²) in [4.78, 5) is 15.3. The van der Waals surface area contributed by atoms with Gasteiger partial charge >= 0.3 is 5.97 Å². The van der Waals surface area contributed by atoms with Gasteiger partial charge in [0.25, 0.3) is 0 Å². The van der Waals surface area contributed by atoms with Crippen molar-refractivity contribution in [3.8, 4) is 11.6 Å². The Morgan fingerprint density at radius 3 is 2.85 bits per heavy atom. The van der Waals surface area contributed by atoms with E-state index in [0.717, 1.165) is 12.8 Å². The fourth-order valence-corrected chi connectivity index (χ4v) is 2.59. The molecule has 0 bridgehead atoms. The zero-order valence-electron chi connectivity index (χ0n) is 11.2. The van der Waals surface area contributed by atoms with Crippen molar-refractivity contribution in [1.82, 2.24) is 4.98 Å². The Hall–Kier alpha value is -2.36. The maximum Gasteiger partial charge on any atom is 0.341 e. The number of aryl methyl sites for hydroxylation is 3. The van der Waals surface area contributed by atoms with Crippen LogP contribution in [-0.2, 0) is 12.8 Å². The Bertz CT molecular complexity index is 679. The summed E-state index contributed by atoms with van der Waals surface area (Å²) in [6.45, 7) is 1.74. The van der Waals surface area contributed by atoms with Gasteiger partial charge < -0.3 is 9.84 Å². The van der Waals surface area contributed by atoms with E-state index in [1.54, 1.807) is 19.2 Å². The van der Waals surface area contributed by atoms with Crippen molar-refractivity contribution in [2.45, 2.75) is 26.2 Å². The number of nitrogens with zero attached hydrogens (tertiary/aromatic N) is 1. The summed E-state index contributed by atoms with van der Waals surface area (Å²) >= 11 is 0. The van der Waals surface area contributed by atoms with Crippen molar-refractivity contribution >= 4 is 5.97 Å². The Labute approximate surface area is 117 Å². The zero-order chi connectivity index (χ0) is 14.1. The van der Waals surface area contributed by atoms with Crippen LogP contribution >= 0.6 is 0 Å². The number of benzene rings is 1. The molecular formula is C16H15NO3. The van der Waals surface area contributed by atoms with Gasteiger partial charge in [-0.1, -0.05) is 6.07 Å². The highest BCUT2D eigenvalue weighted by Gasteiger charge is 2.17. The standard InChI is InChI=1S/C16H15NO3/c1-10-7-8-17-15(14(10)16(18)19)20-13-6-5-11-3-2-4-12(11)9-13/h5-9H,2-4H2,1H3,(H,18,19). The Balaban J connectivity index is 1.95. The van der Waals surface area contributed by atoms with Gasteiger partial charge in [0, 0.05) is 6.20 Å². The Morgan fingerprint density at radius 2 is 2.05 bits per heavy atom. The number of ether oxygens (including phenoxy) is 1. The number of carboxylic acids is 1. The van der Waals surface area contributed by atoms with Crippen LogP contribution in [0, 0.1) is 6.92 Å². The molecule has 1 heterocycles. The van der Waals surface area contributed by atoms with E-state index < -0.39 is 5.97 Å². The molecule has 0 radical (unpaired) electrons. The van der Waals surface area contributed by atoms with E-state index in [9.17, 15) is 9.90 Å². The largest absolute Gasteiger partial charge is 0.477 e. The molecule has 0 atom stereocenters. The monoisotopic (exact) mass is 269 g/mol. The van der Waals surface area contributed by atoms with Crippen LogP contribution in [0.25, 0.3) is 0 Å². The first-order valence-electron chi connectivity index (χ1n) is 6.63. The van der Waals surface area contributed by atoms with Crippen molar-refractivity contribution in [2.24, 2.45) is 0 Å². The normalized spacial score (nSPS) is 13.1. The molecule has 0 saturated carbocycles. The lowest BCUT2D eigenvalue weighted by molar-refractivity contribution is 0.0692. The Morgan fingerprint density at radius 1 is 1.25 bits per heavy atom.